The van der Waals surface area contributed by atoms with E-state index >= 15 is 0 Å². The van der Waals surface area contributed by atoms with Crippen LogP contribution in [0.25, 0.3) is 21.8 Å². The summed E-state index contributed by atoms with van der Waals surface area (Å²) in [7, 11) is 4.09. The Labute approximate surface area is 176 Å². The van der Waals surface area contributed by atoms with Gasteiger partial charge in [-0.3, -0.25) is 4.79 Å². The number of rotatable bonds is 4. The molecule has 0 atom stereocenters. The van der Waals surface area contributed by atoms with Crippen molar-refractivity contribution >= 4 is 27.6 Å². The first-order valence-electron chi connectivity index (χ1n) is 10.2. The number of Topliss-reactive ketones (excluding diaryl/α,β-unsaturated/α-hetero) is 1. The molecule has 5 aromatic rings. The average molecular weight is 393 g/mol. The summed E-state index contributed by atoms with van der Waals surface area (Å²) >= 11 is 0. The molecule has 0 N–H and O–H groups in total. The molecule has 30 heavy (non-hydrogen) atoms. The van der Waals surface area contributed by atoms with Crippen molar-refractivity contribution in [1.82, 2.24) is 9.13 Å². The van der Waals surface area contributed by atoms with Crippen molar-refractivity contribution in [2.24, 2.45) is 14.1 Å². The second kappa shape index (κ2) is 7.03. The maximum absolute atomic E-state index is 14.0. The first kappa shape index (κ1) is 18.4. The Morgan fingerprint density at radius 1 is 0.733 bits per heavy atom. The van der Waals surface area contributed by atoms with E-state index in [1.165, 1.54) is 0 Å². The van der Waals surface area contributed by atoms with Crippen molar-refractivity contribution in [3.8, 4) is 0 Å². The van der Waals surface area contributed by atoms with Crippen molar-refractivity contribution in [1.29, 1.82) is 0 Å². The van der Waals surface area contributed by atoms with Crippen LogP contribution in [-0.4, -0.2) is 14.9 Å². The predicted octanol–water partition coefficient (Wildman–Crippen LogP) is 5.99. The number of ketones is 1. The molecule has 0 aliphatic carbocycles. The molecular formula is C27H24N2O. The van der Waals surface area contributed by atoms with Gasteiger partial charge in [0.1, 0.15) is 0 Å². The Kier molecular flexibility index (Phi) is 4.32. The van der Waals surface area contributed by atoms with Crippen molar-refractivity contribution in [2.45, 2.75) is 12.8 Å². The van der Waals surface area contributed by atoms with Crippen LogP contribution in [0.1, 0.15) is 33.0 Å². The second-order valence-corrected chi connectivity index (χ2v) is 8.09. The summed E-state index contributed by atoms with van der Waals surface area (Å²) in [6.45, 7) is 2.03. The van der Waals surface area contributed by atoms with Crippen molar-refractivity contribution in [3.63, 3.8) is 0 Å². The highest BCUT2D eigenvalue weighted by Crippen LogP contribution is 2.38. The fourth-order valence-corrected chi connectivity index (χ4v) is 4.62. The number of carbonyl (C=O) groups excluding carboxylic acids is 1. The van der Waals surface area contributed by atoms with E-state index in [1.54, 1.807) is 0 Å². The molecule has 2 aromatic heterocycles. The van der Waals surface area contributed by atoms with Gasteiger partial charge in [-0.25, -0.2) is 0 Å². The zero-order valence-electron chi connectivity index (χ0n) is 17.5. The van der Waals surface area contributed by atoms with Crippen LogP contribution < -0.4 is 0 Å². The van der Waals surface area contributed by atoms with Crippen LogP contribution in [0.5, 0.6) is 0 Å². The molecule has 0 aliphatic rings. The van der Waals surface area contributed by atoms with E-state index in [0.29, 0.717) is 0 Å². The lowest BCUT2D eigenvalue weighted by Crippen LogP contribution is -2.14. The number of aryl methyl sites for hydroxylation is 3. The standard InChI is InChI=1S/C27H24N2O/c1-18-9-8-10-19(15-18)27(30)26(22-16-28(2)24-13-6-4-11-20(22)24)23-17-29(3)25-14-7-5-12-21(23)25/h4-17,26H,1-3H3. The number of para-hydroxylation sites is 2. The molecule has 0 aliphatic heterocycles. The van der Waals surface area contributed by atoms with Crippen LogP contribution in [0.15, 0.2) is 85.2 Å². The summed E-state index contributed by atoms with van der Waals surface area (Å²) < 4.78 is 4.23. The topological polar surface area (TPSA) is 26.9 Å². The summed E-state index contributed by atoms with van der Waals surface area (Å²) in [5, 5.41) is 2.25. The van der Waals surface area contributed by atoms with Crippen LogP contribution >= 0.6 is 0 Å². The second-order valence-electron chi connectivity index (χ2n) is 8.09. The monoisotopic (exact) mass is 392 g/mol. The first-order valence-corrected chi connectivity index (χ1v) is 10.2. The number of carbonyl (C=O) groups is 1. The molecule has 5 rings (SSSR count). The van der Waals surface area contributed by atoms with Gasteiger partial charge in [0.05, 0.1) is 5.92 Å². The van der Waals surface area contributed by atoms with Crippen molar-refractivity contribution in [3.05, 3.63) is 107 Å². The molecule has 148 valence electrons. The number of nitrogens with zero attached hydrogens (tertiary/aromatic N) is 2. The molecule has 3 nitrogen and oxygen atoms in total. The van der Waals surface area contributed by atoms with Gasteiger partial charge in [0.25, 0.3) is 0 Å². The van der Waals surface area contributed by atoms with E-state index in [-0.39, 0.29) is 11.7 Å². The normalized spacial score (nSPS) is 11.6. The van der Waals surface area contributed by atoms with Gasteiger partial charge in [-0.15, -0.1) is 0 Å². The number of benzene rings is 3. The van der Waals surface area contributed by atoms with E-state index < -0.39 is 0 Å². The molecule has 0 saturated heterocycles. The Balaban J connectivity index is 1.81. The van der Waals surface area contributed by atoms with Crippen LogP contribution in [0.3, 0.4) is 0 Å². The molecule has 0 unspecified atom stereocenters. The summed E-state index contributed by atoms with van der Waals surface area (Å²) in [5.41, 5.74) is 6.22. The number of hydrogen-bond acceptors (Lipinski definition) is 1. The minimum absolute atomic E-state index is 0.131. The smallest absolute Gasteiger partial charge is 0.174 e. The highest BCUT2D eigenvalue weighted by Gasteiger charge is 2.29. The summed E-state index contributed by atoms with van der Waals surface area (Å²) in [4.78, 5) is 14.0. The molecule has 0 spiro atoms. The van der Waals surface area contributed by atoms with Gasteiger partial charge >= 0.3 is 0 Å². The number of aromatic nitrogens is 2. The largest absolute Gasteiger partial charge is 0.350 e. The maximum Gasteiger partial charge on any atom is 0.174 e. The Morgan fingerprint density at radius 3 is 1.80 bits per heavy atom. The Hall–Kier alpha value is -3.59. The summed E-state index contributed by atoms with van der Waals surface area (Å²) in [6.07, 6.45) is 4.23. The lowest BCUT2D eigenvalue weighted by molar-refractivity contribution is 0.0974. The molecule has 0 saturated carbocycles. The maximum atomic E-state index is 14.0. The number of fused-ring (bicyclic) bond motifs is 2. The zero-order chi connectivity index (χ0) is 20.8. The van der Waals surface area contributed by atoms with Gasteiger partial charge < -0.3 is 9.13 Å². The van der Waals surface area contributed by atoms with E-state index in [0.717, 1.165) is 44.1 Å². The molecule has 0 fully saturated rings. The van der Waals surface area contributed by atoms with Crippen molar-refractivity contribution < 1.29 is 4.79 Å². The van der Waals surface area contributed by atoms with Crippen LogP contribution in [-0.2, 0) is 14.1 Å². The molecule has 0 amide bonds. The summed E-state index contributed by atoms with van der Waals surface area (Å²) in [5.74, 6) is -0.240. The van der Waals surface area contributed by atoms with Crippen LogP contribution in [0.2, 0.25) is 0 Å². The third kappa shape index (κ3) is 2.86. The van der Waals surface area contributed by atoms with E-state index in [1.807, 2.05) is 69.6 Å². The molecule has 3 heteroatoms. The van der Waals surface area contributed by atoms with E-state index in [4.69, 9.17) is 0 Å². The predicted molar refractivity (Wildman–Crippen MR) is 123 cm³/mol. The fourth-order valence-electron chi connectivity index (χ4n) is 4.62. The van der Waals surface area contributed by atoms with Gasteiger partial charge in [-0.2, -0.15) is 0 Å². The lowest BCUT2D eigenvalue weighted by Gasteiger charge is -2.16. The first-order chi connectivity index (χ1) is 14.5. The van der Waals surface area contributed by atoms with Gasteiger partial charge in [0, 0.05) is 53.9 Å². The van der Waals surface area contributed by atoms with Gasteiger partial charge in [-0.05, 0) is 36.2 Å². The lowest BCUT2D eigenvalue weighted by atomic mass is 9.84. The molecule has 0 bridgehead atoms. The minimum Gasteiger partial charge on any atom is -0.350 e. The quantitative estimate of drug-likeness (QED) is 0.345. The zero-order valence-corrected chi connectivity index (χ0v) is 17.5. The minimum atomic E-state index is -0.371. The van der Waals surface area contributed by atoms with Crippen molar-refractivity contribution in [2.75, 3.05) is 0 Å². The third-order valence-corrected chi connectivity index (χ3v) is 6.04. The fraction of sp³-hybridized carbons (Fsp3) is 0.148. The molecule has 2 heterocycles. The Bertz CT molecular complexity index is 1320. The van der Waals surface area contributed by atoms with Crippen LogP contribution in [0, 0.1) is 6.92 Å². The summed E-state index contributed by atoms with van der Waals surface area (Å²) in [6, 6.07) is 24.5. The Morgan fingerprint density at radius 2 is 1.27 bits per heavy atom. The van der Waals surface area contributed by atoms with E-state index in [2.05, 4.69) is 45.8 Å². The molecule has 0 radical (unpaired) electrons. The van der Waals surface area contributed by atoms with E-state index in [9.17, 15) is 4.79 Å². The molecular weight excluding hydrogens is 368 g/mol. The van der Waals surface area contributed by atoms with Crippen LogP contribution in [0.4, 0.5) is 0 Å². The average Bonchev–Trinajstić information content (AvgIpc) is 3.26. The highest BCUT2D eigenvalue weighted by atomic mass is 16.1. The number of hydrogen-bond donors (Lipinski definition) is 0. The third-order valence-electron chi connectivity index (χ3n) is 6.04. The SMILES string of the molecule is Cc1cccc(C(=O)C(c2cn(C)c3ccccc23)c2cn(C)c3ccccc23)c1. The molecule has 3 aromatic carbocycles. The van der Waals surface area contributed by atoms with Gasteiger partial charge in [-0.1, -0.05) is 60.2 Å². The highest BCUT2D eigenvalue weighted by molar-refractivity contribution is 6.07. The van der Waals surface area contributed by atoms with Gasteiger partial charge in [0.2, 0.25) is 0 Å². The van der Waals surface area contributed by atoms with Gasteiger partial charge in [0.15, 0.2) is 5.78 Å².